The SMILES string of the molecule is CN=C(NCCS(=O)(=O)c1ccccc1)NCc1ccc(COCC(F)(F)F)cc1. The molecule has 2 aromatic rings. The van der Waals surface area contributed by atoms with Gasteiger partial charge in [0.15, 0.2) is 15.8 Å². The zero-order chi connectivity index (χ0) is 22.0. The third-order valence-electron chi connectivity index (χ3n) is 4.01. The van der Waals surface area contributed by atoms with Crippen LogP contribution in [0.5, 0.6) is 0 Å². The molecule has 0 amide bonds. The van der Waals surface area contributed by atoms with E-state index < -0.39 is 22.6 Å². The Balaban J connectivity index is 1.76. The van der Waals surface area contributed by atoms with Gasteiger partial charge in [0.25, 0.3) is 0 Å². The second kappa shape index (κ2) is 11.0. The lowest BCUT2D eigenvalue weighted by Gasteiger charge is -2.13. The maximum atomic E-state index is 12.3. The Kier molecular flexibility index (Phi) is 8.67. The number of sulfone groups is 1. The monoisotopic (exact) mass is 443 g/mol. The van der Waals surface area contributed by atoms with E-state index in [0.717, 1.165) is 5.56 Å². The van der Waals surface area contributed by atoms with Crippen LogP contribution in [0.4, 0.5) is 13.2 Å². The van der Waals surface area contributed by atoms with Gasteiger partial charge in [-0.05, 0) is 23.3 Å². The standard InChI is InChI=1S/C20H24F3N3O3S/c1-24-19(25-11-12-30(27,28)18-5-3-2-4-6-18)26-13-16-7-9-17(10-8-16)14-29-15-20(21,22)23/h2-10H,11-15H2,1H3,(H2,24,25,26). The minimum atomic E-state index is -4.34. The summed E-state index contributed by atoms with van der Waals surface area (Å²) in [4.78, 5) is 4.32. The van der Waals surface area contributed by atoms with Crippen LogP contribution in [0, 0.1) is 0 Å². The maximum Gasteiger partial charge on any atom is 0.411 e. The van der Waals surface area contributed by atoms with E-state index in [2.05, 4.69) is 20.4 Å². The van der Waals surface area contributed by atoms with Crippen LogP contribution in [0.1, 0.15) is 11.1 Å². The molecule has 0 radical (unpaired) electrons. The summed E-state index contributed by atoms with van der Waals surface area (Å²) in [6, 6.07) is 15.1. The molecule has 0 saturated heterocycles. The summed E-state index contributed by atoms with van der Waals surface area (Å²) < 4.78 is 65.4. The first-order chi connectivity index (χ1) is 14.2. The lowest BCUT2D eigenvalue weighted by Crippen LogP contribution is -2.39. The number of alkyl halides is 3. The molecule has 30 heavy (non-hydrogen) atoms. The highest BCUT2D eigenvalue weighted by Crippen LogP contribution is 2.16. The highest BCUT2D eigenvalue weighted by atomic mass is 32.2. The van der Waals surface area contributed by atoms with Crippen LogP contribution in [-0.2, 0) is 27.7 Å². The van der Waals surface area contributed by atoms with Crippen LogP contribution >= 0.6 is 0 Å². The fourth-order valence-electron chi connectivity index (χ4n) is 2.49. The molecule has 0 heterocycles. The molecule has 0 fully saturated rings. The molecule has 0 bridgehead atoms. The minimum absolute atomic E-state index is 0.0790. The Morgan fingerprint density at radius 1 is 1.00 bits per heavy atom. The Morgan fingerprint density at radius 2 is 1.63 bits per heavy atom. The summed E-state index contributed by atoms with van der Waals surface area (Å²) in [7, 11) is -1.81. The van der Waals surface area contributed by atoms with E-state index in [-0.39, 0.29) is 23.8 Å². The molecule has 0 aliphatic heterocycles. The number of halogens is 3. The molecule has 0 aromatic heterocycles. The molecular weight excluding hydrogens is 419 g/mol. The van der Waals surface area contributed by atoms with Crippen LogP contribution in [-0.4, -0.2) is 46.5 Å². The van der Waals surface area contributed by atoms with Gasteiger partial charge in [-0.2, -0.15) is 13.2 Å². The Morgan fingerprint density at radius 3 is 2.23 bits per heavy atom. The first-order valence-electron chi connectivity index (χ1n) is 9.14. The molecule has 2 aromatic carbocycles. The minimum Gasteiger partial charge on any atom is -0.367 e. The van der Waals surface area contributed by atoms with Gasteiger partial charge in [-0.1, -0.05) is 42.5 Å². The number of hydrogen-bond donors (Lipinski definition) is 2. The predicted octanol–water partition coefficient (Wildman–Crippen LogP) is 2.90. The topological polar surface area (TPSA) is 79.8 Å². The van der Waals surface area contributed by atoms with Crippen molar-refractivity contribution >= 4 is 15.8 Å². The van der Waals surface area contributed by atoms with E-state index in [0.29, 0.717) is 18.1 Å². The molecule has 0 atom stereocenters. The normalized spacial score (nSPS) is 12.6. The van der Waals surface area contributed by atoms with E-state index in [1.807, 2.05) is 0 Å². The van der Waals surface area contributed by atoms with Crippen molar-refractivity contribution in [3.8, 4) is 0 Å². The predicted molar refractivity (Wildman–Crippen MR) is 109 cm³/mol. The van der Waals surface area contributed by atoms with Gasteiger partial charge in [0.05, 0.1) is 17.3 Å². The molecular formula is C20H24F3N3O3S. The quantitative estimate of drug-likeness (QED) is 0.460. The van der Waals surface area contributed by atoms with E-state index >= 15 is 0 Å². The van der Waals surface area contributed by atoms with Crippen molar-refractivity contribution in [2.75, 3.05) is 26.0 Å². The lowest BCUT2D eigenvalue weighted by molar-refractivity contribution is -0.176. The largest absolute Gasteiger partial charge is 0.411 e. The van der Waals surface area contributed by atoms with Crippen LogP contribution in [0.15, 0.2) is 64.5 Å². The van der Waals surface area contributed by atoms with Crippen LogP contribution < -0.4 is 10.6 Å². The second-order valence-corrected chi connectivity index (χ2v) is 8.52. The van der Waals surface area contributed by atoms with Gasteiger partial charge < -0.3 is 15.4 Å². The van der Waals surface area contributed by atoms with Gasteiger partial charge in [0.2, 0.25) is 0 Å². The molecule has 0 spiro atoms. The first-order valence-corrected chi connectivity index (χ1v) is 10.8. The number of hydrogen-bond acceptors (Lipinski definition) is 4. The highest BCUT2D eigenvalue weighted by molar-refractivity contribution is 7.91. The summed E-state index contributed by atoms with van der Waals surface area (Å²) in [6.07, 6.45) is -4.34. The second-order valence-electron chi connectivity index (χ2n) is 6.41. The molecule has 6 nitrogen and oxygen atoms in total. The van der Waals surface area contributed by atoms with E-state index in [9.17, 15) is 21.6 Å². The third-order valence-corrected chi connectivity index (χ3v) is 5.74. The summed E-state index contributed by atoms with van der Waals surface area (Å²) in [5.74, 6) is 0.362. The van der Waals surface area contributed by atoms with Gasteiger partial charge in [-0.25, -0.2) is 8.42 Å². The van der Waals surface area contributed by atoms with Crippen LogP contribution in [0.3, 0.4) is 0 Å². The third kappa shape index (κ3) is 8.42. The summed E-state index contributed by atoms with van der Waals surface area (Å²) in [5, 5.41) is 6.01. The molecule has 2 rings (SSSR count). The highest BCUT2D eigenvalue weighted by Gasteiger charge is 2.27. The molecule has 0 aliphatic rings. The van der Waals surface area contributed by atoms with Gasteiger partial charge in [-0.3, -0.25) is 4.99 Å². The van der Waals surface area contributed by atoms with Crippen LogP contribution in [0.2, 0.25) is 0 Å². The number of ether oxygens (including phenoxy) is 1. The molecule has 164 valence electrons. The molecule has 10 heteroatoms. The molecule has 0 unspecified atom stereocenters. The Hall–Kier alpha value is -2.59. The van der Waals surface area contributed by atoms with E-state index in [4.69, 9.17) is 0 Å². The lowest BCUT2D eigenvalue weighted by atomic mass is 10.1. The first kappa shape index (κ1) is 23.7. The summed E-state index contributed by atoms with van der Waals surface area (Å²) >= 11 is 0. The average Bonchev–Trinajstić information content (AvgIpc) is 2.71. The van der Waals surface area contributed by atoms with Gasteiger partial charge >= 0.3 is 6.18 Å². The van der Waals surface area contributed by atoms with E-state index in [1.165, 1.54) is 0 Å². The zero-order valence-electron chi connectivity index (χ0n) is 16.4. The Bertz CT molecular complexity index is 916. The van der Waals surface area contributed by atoms with Crippen molar-refractivity contribution in [1.82, 2.24) is 10.6 Å². The van der Waals surface area contributed by atoms with Gasteiger partial charge in [-0.15, -0.1) is 0 Å². The smallest absolute Gasteiger partial charge is 0.367 e. The summed E-state index contributed by atoms with van der Waals surface area (Å²) in [5.41, 5.74) is 1.52. The van der Waals surface area contributed by atoms with Crippen molar-refractivity contribution in [2.45, 2.75) is 24.2 Å². The van der Waals surface area contributed by atoms with Crippen molar-refractivity contribution in [3.63, 3.8) is 0 Å². The van der Waals surface area contributed by atoms with Crippen molar-refractivity contribution in [1.29, 1.82) is 0 Å². The van der Waals surface area contributed by atoms with Gasteiger partial charge in [0.1, 0.15) is 6.61 Å². The summed E-state index contributed by atoms with van der Waals surface area (Å²) in [6.45, 7) is -0.800. The Labute approximate surface area is 174 Å². The van der Waals surface area contributed by atoms with E-state index in [1.54, 1.807) is 61.6 Å². The average molecular weight is 443 g/mol. The van der Waals surface area contributed by atoms with Gasteiger partial charge in [0, 0.05) is 20.1 Å². The number of aliphatic imine (C=N–C) groups is 1. The van der Waals surface area contributed by atoms with Crippen molar-refractivity contribution in [3.05, 3.63) is 65.7 Å². The number of nitrogens with zero attached hydrogens (tertiary/aromatic N) is 1. The number of benzene rings is 2. The maximum absolute atomic E-state index is 12.3. The molecule has 2 N–H and O–H groups in total. The van der Waals surface area contributed by atoms with Crippen LogP contribution in [0.25, 0.3) is 0 Å². The molecule has 0 aliphatic carbocycles. The fourth-order valence-corrected chi connectivity index (χ4v) is 3.67. The molecule has 0 saturated carbocycles. The number of guanidine groups is 1. The van der Waals surface area contributed by atoms with Crippen molar-refractivity contribution < 1.29 is 26.3 Å². The van der Waals surface area contributed by atoms with Crippen molar-refractivity contribution in [2.24, 2.45) is 4.99 Å². The fraction of sp³-hybridized carbons (Fsp3) is 0.350. The number of nitrogens with one attached hydrogen (secondary N) is 2. The zero-order valence-corrected chi connectivity index (χ0v) is 17.3. The number of rotatable bonds is 9.